The second kappa shape index (κ2) is 5.48. The Morgan fingerprint density at radius 2 is 2.23 bits per heavy atom. The average molecular weight is 312 g/mol. The number of likely N-dealkylation sites (N-methyl/N-ethyl adjacent to an activating group) is 1. The number of nitrogens with zero attached hydrogens (tertiary/aromatic N) is 4. The first kappa shape index (κ1) is 13.9. The van der Waals surface area contributed by atoms with E-state index in [1.807, 2.05) is 23.6 Å². The summed E-state index contributed by atoms with van der Waals surface area (Å²) in [6.45, 7) is 7.75. The van der Waals surface area contributed by atoms with E-state index in [1.165, 1.54) is 16.2 Å². The van der Waals surface area contributed by atoms with Crippen LogP contribution in [0.25, 0.3) is 21.9 Å². The number of aryl methyl sites for hydroxylation is 1. The van der Waals surface area contributed by atoms with E-state index < -0.39 is 0 Å². The molecule has 1 saturated heterocycles. The van der Waals surface area contributed by atoms with Crippen molar-refractivity contribution >= 4 is 22.5 Å². The lowest BCUT2D eigenvalue weighted by molar-refractivity contribution is 0.343. The summed E-state index contributed by atoms with van der Waals surface area (Å²) in [4.78, 5) is 14.6. The molecule has 4 heterocycles. The smallest absolute Gasteiger partial charge is 0.160 e. The Morgan fingerprint density at radius 1 is 1.32 bits per heavy atom. The molecule has 1 fully saturated rings. The Morgan fingerprint density at radius 3 is 2.95 bits per heavy atom. The molecular weight excluding hydrogens is 292 g/mol. The zero-order chi connectivity index (χ0) is 15.1. The molecule has 114 valence electrons. The van der Waals surface area contributed by atoms with E-state index in [9.17, 15) is 0 Å². The molecule has 0 N–H and O–H groups in total. The molecule has 4 nitrogen and oxygen atoms in total. The number of aromatic nitrogens is 3. The van der Waals surface area contributed by atoms with Crippen molar-refractivity contribution < 1.29 is 0 Å². The van der Waals surface area contributed by atoms with Gasteiger partial charge in [0.15, 0.2) is 11.5 Å². The van der Waals surface area contributed by atoms with Crippen LogP contribution in [0.5, 0.6) is 0 Å². The first-order chi connectivity index (χ1) is 10.8. The third-order valence-corrected chi connectivity index (χ3v) is 5.47. The lowest BCUT2D eigenvalue weighted by Gasteiger charge is -2.17. The van der Waals surface area contributed by atoms with Crippen LogP contribution in [0.3, 0.4) is 0 Å². The molecule has 1 aliphatic rings. The molecule has 0 amide bonds. The van der Waals surface area contributed by atoms with Crippen molar-refractivity contribution in [2.24, 2.45) is 0 Å². The zero-order valence-corrected chi connectivity index (χ0v) is 13.8. The topological polar surface area (TPSA) is 34.0 Å². The molecule has 3 aromatic rings. The number of imidazole rings is 1. The van der Waals surface area contributed by atoms with Crippen LogP contribution in [0.1, 0.15) is 24.3 Å². The summed E-state index contributed by atoms with van der Waals surface area (Å²) >= 11 is 1.81. The maximum Gasteiger partial charge on any atom is 0.160 e. The van der Waals surface area contributed by atoms with Crippen molar-refractivity contribution in [3.05, 3.63) is 35.3 Å². The van der Waals surface area contributed by atoms with Gasteiger partial charge in [-0.15, -0.1) is 11.3 Å². The van der Waals surface area contributed by atoms with Crippen LogP contribution < -0.4 is 0 Å². The maximum atomic E-state index is 4.88. The molecule has 1 atom stereocenters. The highest BCUT2D eigenvalue weighted by atomic mass is 32.1. The van der Waals surface area contributed by atoms with Crippen molar-refractivity contribution in [3.8, 4) is 10.7 Å². The highest BCUT2D eigenvalue weighted by molar-refractivity contribution is 7.15. The van der Waals surface area contributed by atoms with Crippen LogP contribution in [0.15, 0.2) is 30.5 Å². The third-order valence-electron chi connectivity index (χ3n) is 4.47. The van der Waals surface area contributed by atoms with E-state index in [1.54, 1.807) is 0 Å². The Bertz CT molecular complexity index is 804. The van der Waals surface area contributed by atoms with Gasteiger partial charge in [-0.3, -0.25) is 0 Å². The predicted octanol–water partition coefficient (Wildman–Crippen LogP) is 3.73. The van der Waals surface area contributed by atoms with Gasteiger partial charge in [-0.25, -0.2) is 9.97 Å². The highest BCUT2D eigenvalue weighted by Gasteiger charge is 2.27. The van der Waals surface area contributed by atoms with Crippen molar-refractivity contribution in [2.75, 3.05) is 19.6 Å². The summed E-state index contributed by atoms with van der Waals surface area (Å²) in [6.07, 6.45) is 3.05. The minimum Gasteiger partial charge on any atom is -0.304 e. The Labute approximate surface area is 134 Å². The van der Waals surface area contributed by atoms with Crippen LogP contribution in [0, 0.1) is 6.92 Å². The number of thiophene rings is 1. The molecule has 5 heteroatoms. The molecule has 1 aliphatic heterocycles. The fraction of sp³-hybridized carbons (Fsp3) is 0.412. The maximum absolute atomic E-state index is 4.88. The number of rotatable bonds is 3. The third kappa shape index (κ3) is 2.25. The van der Waals surface area contributed by atoms with Crippen LogP contribution in [0.4, 0.5) is 0 Å². The van der Waals surface area contributed by atoms with Gasteiger partial charge in [-0.2, -0.15) is 0 Å². The van der Waals surface area contributed by atoms with Crippen molar-refractivity contribution in [1.29, 1.82) is 0 Å². The molecule has 1 unspecified atom stereocenters. The van der Waals surface area contributed by atoms with Gasteiger partial charge in [0.2, 0.25) is 0 Å². The highest BCUT2D eigenvalue weighted by Crippen LogP contribution is 2.34. The molecule has 0 bridgehead atoms. The van der Waals surface area contributed by atoms with Gasteiger partial charge in [-0.05, 0) is 44.2 Å². The minimum atomic E-state index is 0.470. The molecule has 0 saturated carbocycles. The van der Waals surface area contributed by atoms with E-state index >= 15 is 0 Å². The molecule has 0 aromatic carbocycles. The summed E-state index contributed by atoms with van der Waals surface area (Å²) < 4.78 is 2.37. The number of fused-ring (bicyclic) bond motifs is 1. The fourth-order valence-electron chi connectivity index (χ4n) is 3.31. The summed E-state index contributed by atoms with van der Waals surface area (Å²) in [6, 6.07) is 8.86. The predicted molar refractivity (Wildman–Crippen MR) is 91.3 cm³/mol. The number of hydrogen-bond donors (Lipinski definition) is 0. The van der Waals surface area contributed by atoms with E-state index in [0.717, 1.165) is 36.6 Å². The monoisotopic (exact) mass is 312 g/mol. The Hall–Kier alpha value is -1.72. The second-order valence-corrected chi connectivity index (χ2v) is 7.19. The molecule has 0 spiro atoms. The number of pyridine rings is 1. The summed E-state index contributed by atoms with van der Waals surface area (Å²) in [7, 11) is 0. The van der Waals surface area contributed by atoms with Crippen molar-refractivity contribution in [1.82, 2.24) is 19.4 Å². The zero-order valence-electron chi connectivity index (χ0n) is 13.0. The van der Waals surface area contributed by atoms with Crippen molar-refractivity contribution in [2.45, 2.75) is 26.3 Å². The van der Waals surface area contributed by atoms with Gasteiger partial charge < -0.3 is 9.47 Å². The fourth-order valence-corrected chi connectivity index (χ4v) is 4.17. The molecule has 4 rings (SSSR count). The summed E-state index contributed by atoms with van der Waals surface area (Å²) in [5.41, 5.74) is 2.02. The average Bonchev–Trinajstić information content (AvgIpc) is 3.23. The van der Waals surface area contributed by atoms with E-state index in [-0.39, 0.29) is 0 Å². The minimum absolute atomic E-state index is 0.470. The van der Waals surface area contributed by atoms with Gasteiger partial charge in [0, 0.05) is 24.2 Å². The van der Waals surface area contributed by atoms with Gasteiger partial charge in [0.25, 0.3) is 0 Å². The molecular formula is C17H20N4S. The van der Waals surface area contributed by atoms with Crippen LogP contribution in [-0.2, 0) is 0 Å². The summed E-state index contributed by atoms with van der Waals surface area (Å²) in [5, 5.41) is 0. The van der Waals surface area contributed by atoms with E-state index in [0.29, 0.717) is 6.04 Å². The molecule has 0 aliphatic carbocycles. The largest absolute Gasteiger partial charge is 0.304 e. The summed E-state index contributed by atoms with van der Waals surface area (Å²) in [5.74, 6) is 1.08. The first-order valence-electron chi connectivity index (χ1n) is 7.88. The van der Waals surface area contributed by atoms with Crippen LogP contribution >= 0.6 is 11.3 Å². The van der Waals surface area contributed by atoms with Gasteiger partial charge in [-0.1, -0.05) is 6.92 Å². The van der Waals surface area contributed by atoms with Crippen LogP contribution in [-0.4, -0.2) is 39.1 Å². The second-order valence-electron chi connectivity index (χ2n) is 5.90. The lowest BCUT2D eigenvalue weighted by atomic mass is 10.2. The standard InChI is InChI=1S/C17H20N4S/c1-3-20-10-8-13(11-20)21-16-14(5-4-9-18-16)19-17(21)15-7-6-12(2)22-15/h4-7,9,13H,3,8,10-11H2,1-2H3. The Kier molecular flexibility index (Phi) is 3.47. The lowest BCUT2D eigenvalue weighted by Crippen LogP contribution is -2.21. The van der Waals surface area contributed by atoms with Gasteiger partial charge in [0.1, 0.15) is 5.52 Å². The van der Waals surface area contributed by atoms with Crippen LogP contribution in [0.2, 0.25) is 0 Å². The Balaban J connectivity index is 1.87. The quantitative estimate of drug-likeness (QED) is 0.739. The van der Waals surface area contributed by atoms with Crippen molar-refractivity contribution in [3.63, 3.8) is 0 Å². The molecule has 3 aromatic heterocycles. The van der Waals surface area contributed by atoms with Gasteiger partial charge in [0.05, 0.1) is 10.9 Å². The van der Waals surface area contributed by atoms with E-state index in [2.05, 4.69) is 46.5 Å². The molecule has 22 heavy (non-hydrogen) atoms. The van der Waals surface area contributed by atoms with Gasteiger partial charge >= 0.3 is 0 Å². The normalized spacial score (nSPS) is 19.3. The first-order valence-corrected chi connectivity index (χ1v) is 8.70. The number of likely N-dealkylation sites (tertiary alicyclic amines) is 1. The number of hydrogen-bond acceptors (Lipinski definition) is 4. The molecule has 0 radical (unpaired) electrons. The SMILES string of the molecule is CCN1CCC(n2c(-c3ccc(C)s3)nc3cccnc32)C1. The van der Waals surface area contributed by atoms with E-state index in [4.69, 9.17) is 4.98 Å².